The smallest absolute Gasteiger partial charge is 0.224 e. The Morgan fingerprint density at radius 3 is 2.73 bits per heavy atom. The van der Waals surface area contributed by atoms with Crippen LogP contribution in [0.5, 0.6) is 0 Å². The average molecular weight is 534 g/mol. The number of piperidine rings is 1. The van der Waals surface area contributed by atoms with Gasteiger partial charge in [0.05, 0.1) is 5.69 Å². The normalized spacial score (nSPS) is 25.5. The fraction of sp³-hybridized carbons (Fsp3) is 0.520. The molecule has 8 heteroatoms. The van der Waals surface area contributed by atoms with Crippen LogP contribution in [0.4, 0.5) is 0 Å². The van der Waals surface area contributed by atoms with Crippen LogP contribution in [0.15, 0.2) is 28.9 Å². The summed E-state index contributed by atoms with van der Waals surface area (Å²) in [6, 6.07) is 6.39. The van der Waals surface area contributed by atoms with Crippen molar-refractivity contribution >= 4 is 33.4 Å². The summed E-state index contributed by atoms with van der Waals surface area (Å²) in [6.07, 6.45) is 5.48. The predicted molar refractivity (Wildman–Crippen MR) is 132 cm³/mol. The minimum Gasteiger partial charge on any atom is -0.365 e. The number of carbonyl (C=O) groups excluding carboxylic acids is 1. The minimum absolute atomic E-state index is 0.0148. The summed E-state index contributed by atoms with van der Waals surface area (Å²) in [6.45, 7) is 4.22. The number of aromatic nitrogens is 1. The molecule has 2 aliphatic heterocycles. The number of rotatable bonds is 3. The van der Waals surface area contributed by atoms with Crippen LogP contribution in [0.3, 0.4) is 0 Å². The van der Waals surface area contributed by atoms with E-state index in [-0.39, 0.29) is 17.9 Å². The van der Waals surface area contributed by atoms with E-state index in [1.807, 2.05) is 17.2 Å². The van der Waals surface area contributed by atoms with Crippen molar-refractivity contribution in [2.24, 2.45) is 5.92 Å². The van der Waals surface area contributed by atoms with Crippen molar-refractivity contribution in [1.29, 1.82) is 0 Å². The number of nitrogens with one attached hydrogen (secondary N) is 2. The highest BCUT2D eigenvalue weighted by atomic mass is 79.9. The Morgan fingerprint density at radius 1 is 1.24 bits per heavy atom. The Kier molecular flexibility index (Phi) is 6.78. The van der Waals surface area contributed by atoms with Gasteiger partial charge in [-0.15, -0.1) is 0 Å². The van der Waals surface area contributed by atoms with Crippen molar-refractivity contribution in [3.8, 4) is 0 Å². The van der Waals surface area contributed by atoms with Crippen molar-refractivity contribution in [3.63, 3.8) is 0 Å². The lowest BCUT2D eigenvalue weighted by atomic mass is 9.76. The summed E-state index contributed by atoms with van der Waals surface area (Å²) in [5, 5.41) is 16.3. The molecule has 1 unspecified atom stereocenters. The molecule has 2 saturated heterocycles. The number of carbonyl (C=O) groups is 1. The number of nitrogens with zero attached hydrogens (tertiary/aromatic N) is 2. The van der Waals surface area contributed by atoms with Gasteiger partial charge in [0.1, 0.15) is 0 Å². The third kappa shape index (κ3) is 4.84. The molecule has 3 heterocycles. The second kappa shape index (κ2) is 9.62. The number of pyridine rings is 1. The van der Waals surface area contributed by atoms with Crippen LogP contribution in [-0.4, -0.2) is 52.9 Å². The summed E-state index contributed by atoms with van der Waals surface area (Å²) in [4.78, 5) is 19.8. The summed E-state index contributed by atoms with van der Waals surface area (Å²) >= 11 is 10.2. The van der Waals surface area contributed by atoms with Gasteiger partial charge in [-0.05, 0) is 72.9 Å². The number of hydrogen-bond acceptors (Lipinski definition) is 5. The number of benzene rings is 1. The van der Waals surface area contributed by atoms with Gasteiger partial charge >= 0.3 is 0 Å². The molecule has 0 radical (unpaired) electrons. The Labute approximate surface area is 208 Å². The Bertz CT molecular complexity index is 1060. The maximum atomic E-state index is 12.9. The number of aliphatic hydroxyl groups is 1. The fourth-order valence-corrected chi connectivity index (χ4v) is 6.85. The van der Waals surface area contributed by atoms with Crippen molar-refractivity contribution in [3.05, 3.63) is 61.8 Å². The number of amides is 1. The molecule has 0 bridgehead atoms. The van der Waals surface area contributed by atoms with Crippen molar-refractivity contribution in [2.75, 3.05) is 19.6 Å². The monoisotopic (exact) mass is 532 g/mol. The molecule has 176 valence electrons. The highest BCUT2D eigenvalue weighted by Crippen LogP contribution is 2.46. The molecule has 2 aromatic rings. The molecular formula is C25H30BrClN4O2. The number of likely N-dealkylation sites (tertiary alicyclic amines) is 1. The first kappa shape index (κ1) is 23.2. The largest absolute Gasteiger partial charge is 0.365 e. The summed E-state index contributed by atoms with van der Waals surface area (Å²) in [7, 11) is 0. The summed E-state index contributed by atoms with van der Waals surface area (Å²) < 4.78 is 1.06. The van der Waals surface area contributed by atoms with E-state index in [4.69, 9.17) is 16.6 Å². The van der Waals surface area contributed by atoms with Crippen LogP contribution >= 0.6 is 27.5 Å². The van der Waals surface area contributed by atoms with Gasteiger partial charge < -0.3 is 10.0 Å². The number of aryl methyl sites for hydroxylation is 3. The SMILES string of the molecule is Cc1cnc2c(c1)CCc1cc(Cl)cc(Br)c1[C@H]2C1CCN(C(=O)C[C@@H]2CNC(O)N2)CC1. The fourth-order valence-electron chi connectivity index (χ4n) is 5.73. The molecule has 6 nitrogen and oxygen atoms in total. The van der Waals surface area contributed by atoms with Crippen LogP contribution in [0.25, 0.3) is 0 Å². The molecule has 1 aromatic carbocycles. The first-order valence-electron chi connectivity index (χ1n) is 11.8. The second-order valence-corrected chi connectivity index (χ2v) is 10.9. The first-order chi connectivity index (χ1) is 15.9. The molecule has 3 N–H and O–H groups in total. The zero-order valence-electron chi connectivity index (χ0n) is 18.8. The molecule has 3 aliphatic rings. The van der Waals surface area contributed by atoms with Gasteiger partial charge in [-0.2, -0.15) is 0 Å². The predicted octanol–water partition coefficient (Wildman–Crippen LogP) is 3.50. The average Bonchev–Trinajstić information content (AvgIpc) is 3.11. The molecule has 0 saturated carbocycles. The van der Waals surface area contributed by atoms with E-state index in [0.717, 1.165) is 48.3 Å². The lowest BCUT2D eigenvalue weighted by molar-refractivity contribution is -0.133. The highest BCUT2D eigenvalue weighted by Gasteiger charge is 2.36. The van der Waals surface area contributed by atoms with E-state index in [2.05, 4.69) is 45.6 Å². The van der Waals surface area contributed by atoms with Gasteiger partial charge in [-0.1, -0.05) is 33.6 Å². The van der Waals surface area contributed by atoms with E-state index < -0.39 is 6.35 Å². The first-order valence-corrected chi connectivity index (χ1v) is 12.9. The number of halogens is 2. The summed E-state index contributed by atoms with van der Waals surface area (Å²) in [5.41, 5.74) is 6.32. The Balaban J connectivity index is 1.38. The van der Waals surface area contributed by atoms with Crippen molar-refractivity contribution < 1.29 is 9.90 Å². The number of fused-ring (bicyclic) bond motifs is 2. The van der Waals surface area contributed by atoms with Gasteiger partial charge in [0.25, 0.3) is 0 Å². The van der Waals surface area contributed by atoms with Gasteiger partial charge in [-0.25, -0.2) is 0 Å². The molecule has 1 aromatic heterocycles. The van der Waals surface area contributed by atoms with Gasteiger partial charge in [0.15, 0.2) is 6.35 Å². The van der Waals surface area contributed by atoms with Gasteiger partial charge in [0.2, 0.25) is 5.91 Å². The maximum Gasteiger partial charge on any atom is 0.224 e. The molecule has 1 aliphatic carbocycles. The zero-order chi connectivity index (χ0) is 23.1. The maximum absolute atomic E-state index is 12.9. The third-order valence-corrected chi connectivity index (χ3v) is 8.20. The second-order valence-electron chi connectivity index (χ2n) is 9.59. The zero-order valence-corrected chi connectivity index (χ0v) is 21.1. The van der Waals surface area contributed by atoms with Crippen molar-refractivity contribution in [1.82, 2.24) is 20.5 Å². The van der Waals surface area contributed by atoms with Crippen molar-refractivity contribution in [2.45, 2.75) is 57.3 Å². The number of hydrogen-bond donors (Lipinski definition) is 3. The van der Waals surface area contributed by atoms with Crippen LogP contribution in [0, 0.1) is 12.8 Å². The lowest BCUT2D eigenvalue weighted by Gasteiger charge is -2.37. The topological polar surface area (TPSA) is 77.5 Å². The minimum atomic E-state index is -0.716. The van der Waals surface area contributed by atoms with Crippen LogP contribution in [0.1, 0.15) is 53.1 Å². The Morgan fingerprint density at radius 2 is 2.00 bits per heavy atom. The van der Waals surface area contributed by atoms with E-state index in [1.54, 1.807) is 0 Å². The quantitative estimate of drug-likeness (QED) is 0.563. The summed E-state index contributed by atoms with van der Waals surface area (Å²) in [5.74, 6) is 0.758. The molecule has 1 amide bonds. The molecule has 3 atom stereocenters. The van der Waals surface area contributed by atoms with E-state index >= 15 is 0 Å². The van der Waals surface area contributed by atoms with Crippen LogP contribution in [0.2, 0.25) is 5.02 Å². The van der Waals surface area contributed by atoms with Crippen LogP contribution in [-0.2, 0) is 17.6 Å². The highest BCUT2D eigenvalue weighted by molar-refractivity contribution is 9.10. The standard InChI is InChI=1S/C25H30BrClN4O2/c1-14-8-17-3-2-16-9-18(27)10-20(26)22(16)23(24(17)28-12-14)15-4-6-31(7-5-15)21(32)11-19-13-29-25(33)30-19/h8-10,12,15,19,23,25,29-30,33H,2-7,11,13H2,1H3/t19-,23-,25?/m1/s1. The molecule has 5 rings (SSSR count). The molecule has 33 heavy (non-hydrogen) atoms. The Hall–Kier alpha value is -1.51. The van der Waals surface area contributed by atoms with Crippen LogP contribution < -0.4 is 10.6 Å². The van der Waals surface area contributed by atoms with E-state index in [9.17, 15) is 9.90 Å². The lowest BCUT2D eigenvalue weighted by Crippen LogP contribution is -2.43. The van der Waals surface area contributed by atoms with E-state index in [0.29, 0.717) is 18.9 Å². The molecule has 0 spiro atoms. The third-order valence-electron chi connectivity index (χ3n) is 7.32. The van der Waals surface area contributed by atoms with Gasteiger partial charge in [-0.3, -0.25) is 20.4 Å². The molecular weight excluding hydrogens is 504 g/mol. The van der Waals surface area contributed by atoms with E-state index in [1.165, 1.54) is 27.9 Å². The molecule has 2 fully saturated rings. The number of aliphatic hydroxyl groups excluding tert-OH is 1. The van der Waals surface area contributed by atoms with Gasteiger partial charge in [0, 0.05) is 53.7 Å².